The molecule has 0 radical (unpaired) electrons. The van der Waals surface area contributed by atoms with Gasteiger partial charge in [0.1, 0.15) is 18.4 Å². The second kappa shape index (κ2) is 13.7. The molecular weight excluding hydrogens is 645 g/mol. The molecule has 2 aromatic rings. The van der Waals surface area contributed by atoms with Gasteiger partial charge in [0.25, 0.3) is 0 Å². The molecule has 0 N–H and O–H groups in total. The van der Waals surface area contributed by atoms with Crippen molar-refractivity contribution >= 4 is 42.1 Å². The van der Waals surface area contributed by atoms with Crippen molar-refractivity contribution in [2.24, 2.45) is 0 Å². The second-order valence-corrected chi connectivity index (χ2v) is 12.4. The van der Waals surface area contributed by atoms with Gasteiger partial charge < -0.3 is 46.0 Å². The third kappa shape index (κ3) is 6.82. The zero-order valence-electron chi connectivity index (χ0n) is 28.6. The Hall–Kier alpha value is -4.63. The molecule has 0 spiro atoms. The highest BCUT2D eigenvalue weighted by atomic mass is 19.2. The molecule has 1 fully saturated rings. The fourth-order valence-corrected chi connectivity index (χ4v) is 6.94. The minimum absolute atomic E-state index is 0.188. The molecule has 1 aromatic heterocycles. The van der Waals surface area contributed by atoms with E-state index in [0.717, 1.165) is 29.7 Å². The standard InChI is InChI=1S/C34H39BF2N2O10/c1-17-13-19(3)38-29(17)28(30-18(2)14-20(4)39(30)35(38,36)37)26-12-10-9-11-25(26)15-45-34-33(48-24(8)43)32(47-23(7)42)31(46-22(6)41)27(49-34)16-44-21(5)40/h9-14,27,31-34H,15-16H2,1-8H3/t27-,31-,32+,33-,34-/m1/s1. The van der Waals surface area contributed by atoms with E-state index < -0.39 is 68.2 Å². The maximum atomic E-state index is 16.2. The highest BCUT2D eigenvalue weighted by Crippen LogP contribution is 2.45. The van der Waals surface area contributed by atoms with Crippen LogP contribution in [-0.4, -0.2) is 82.8 Å². The number of hydrogen-bond donors (Lipinski definition) is 0. The Morgan fingerprint density at radius 1 is 0.878 bits per heavy atom. The van der Waals surface area contributed by atoms with Crippen molar-refractivity contribution in [1.29, 1.82) is 0 Å². The number of hydrogen-bond acceptors (Lipinski definition) is 10. The summed E-state index contributed by atoms with van der Waals surface area (Å²) in [6.45, 7) is 6.68. The van der Waals surface area contributed by atoms with Crippen LogP contribution >= 0.6 is 0 Å². The predicted octanol–water partition coefficient (Wildman–Crippen LogP) is 4.13. The zero-order valence-corrected chi connectivity index (χ0v) is 28.6. The van der Waals surface area contributed by atoms with E-state index in [1.54, 1.807) is 58.0 Å². The monoisotopic (exact) mass is 684 g/mol. The molecule has 3 aliphatic heterocycles. The summed E-state index contributed by atoms with van der Waals surface area (Å²) < 4.78 is 68.7. The smallest absolute Gasteiger partial charge is 0.463 e. The van der Waals surface area contributed by atoms with Crippen LogP contribution in [-0.2, 0) is 54.2 Å². The van der Waals surface area contributed by atoms with Gasteiger partial charge in [-0.3, -0.25) is 19.2 Å². The molecule has 262 valence electrons. The van der Waals surface area contributed by atoms with E-state index in [1.165, 1.54) is 6.92 Å². The predicted molar refractivity (Wildman–Crippen MR) is 171 cm³/mol. The van der Waals surface area contributed by atoms with Crippen LogP contribution in [0.1, 0.15) is 69.6 Å². The summed E-state index contributed by atoms with van der Waals surface area (Å²) in [5, 5.41) is 0. The Balaban J connectivity index is 1.58. The fourth-order valence-electron chi connectivity index (χ4n) is 6.94. The zero-order chi connectivity index (χ0) is 35.9. The molecule has 5 rings (SSSR count). The van der Waals surface area contributed by atoms with Crippen molar-refractivity contribution in [1.82, 2.24) is 4.48 Å². The molecule has 1 saturated heterocycles. The maximum Gasteiger partial charge on any atom is 0.737 e. The summed E-state index contributed by atoms with van der Waals surface area (Å²) in [7, 11) is 0. The summed E-state index contributed by atoms with van der Waals surface area (Å²) in [4.78, 5) is 48.3. The highest BCUT2D eigenvalue weighted by molar-refractivity contribution is 6.58. The molecule has 5 atom stereocenters. The first-order valence-corrected chi connectivity index (χ1v) is 15.8. The van der Waals surface area contributed by atoms with Crippen LogP contribution in [0, 0.1) is 13.8 Å². The van der Waals surface area contributed by atoms with Gasteiger partial charge in [0.15, 0.2) is 30.3 Å². The number of halogens is 2. The Morgan fingerprint density at radius 3 is 2.12 bits per heavy atom. The lowest BCUT2D eigenvalue weighted by Crippen LogP contribution is -2.62. The van der Waals surface area contributed by atoms with Gasteiger partial charge in [-0.25, -0.2) is 0 Å². The van der Waals surface area contributed by atoms with Crippen molar-refractivity contribution in [3.63, 3.8) is 0 Å². The van der Waals surface area contributed by atoms with Gasteiger partial charge in [0.2, 0.25) is 0 Å². The van der Waals surface area contributed by atoms with Crippen LogP contribution in [0.15, 0.2) is 47.7 Å². The minimum Gasteiger partial charge on any atom is -0.463 e. The average molecular weight is 684 g/mol. The Labute approximate surface area is 282 Å². The SMILES string of the molecule is CC(=O)OC[C@H]1O[C@@H](OCc2ccccc2C2=C3C(C)=CC(C)=[N+]3[B-](F)(F)n3c(C)cc(C)c32)[C@H](OC(C)=O)[C@@H](OC(C)=O)[C@@H]1OC(C)=O. The number of rotatable bonds is 9. The summed E-state index contributed by atoms with van der Waals surface area (Å²) in [5.74, 6) is -2.94. The number of carbonyl (C=O) groups excluding carboxylic acids is 4. The number of ether oxygens (including phenoxy) is 6. The number of esters is 4. The minimum atomic E-state index is -4.20. The van der Waals surface area contributed by atoms with E-state index in [-0.39, 0.29) is 6.61 Å². The molecule has 3 aliphatic rings. The van der Waals surface area contributed by atoms with E-state index in [2.05, 4.69) is 0 Å². The fraction of sp³-hybridized carbons (Fsp3) is 0.441. The van der Waals surface area contributed by atoms with Gasteiger partial charge in [-0.05, 0) is 49.2 Å². The second-order valence-electron chi connectivity index (χ2n) is 12.4. The quantitative estimate of drug-likeness (QED) is 0.216. The molecular formula is C34H39BF2N2O10. The van der Waals surface area contributed by atoms with Crippen molar-refractivity contribution in [2.45, 2.75) is 92.7 Å². The normalized spacial score (nSPS) is 24.1. The molecule has 15 heteroatoms. The molecule has 4 heterocycles. The van der Waals surface area contributed by atoms with E-state index in [1.807, 2.05) is 6.07 Å². The summed E-state index contributed by atoms with van der Waals surface area (Å²) in [6, 6.07) is 8.89. The first-order valence-electron chi connectivity index (χ1n) is 15.8. The van der Waals surface area contributed by atoms with Gasteiger partial charge in [-0.15, -0.1) is 0 Å². The third-order valence-corrected chi connectivity index (χ3v) is 8.57. The Bertz CT molecular complexity index is 1810. The van der Waals surface area contributed by atoms with E-state index in [9.17, 15) is 19.2 Å². The van der Waals surface area contributed by atoms with Crippen LogP contribution in [0.2, 0.25) is 0 Å². The molecule has 0 bridgehead atoms. The van der Waals surface area contributed by atoms with Crippen molar-refractivity contribution in [3.05, 3.63) is 75.8 Å². The molecule has 0 amide bonds. The van der Waals surface area contributed by atoms with E-state index >= 15 is 8.63 Å². The number of nitrogens with zero attached hydrogens (tertiary/aromatic N) is 2. The topological polar surface area (TPSA) is 132 Å². The lowest BCUT2D eigenvalue weighted by molar-refractivity contribution is -0.363. The van der Waals surface area contributed by atoms with Crippen molar-refractivity contribution < 1.29 is 60.7 Å². The van der Waals surface area contributed by atoms with Crippen LogP contribution in [0.5, 0.6) is 0 Å². The number of benzene rings is 1. The number of carbonyl (C=O) groups is 4. The highest BCUT2D eigenvalue weighted by Gasteiger charge is 2.56. The van der Waals surface area contributed by atoms with Gasteiger partial charge >= 0.3 is 30.8 Å². The van der Waals surface area contributed by atoms with E-state index in [0.29, 0.717) is 50.6 Å². The average Bonchev–Trinajstić information content (AvgIpc) is 3.47. The van der Waals surface area contributed by atoms with E-state index in [4.69, 9.17) is 28.4 Å². The van der Waals surface area contributed by atoms with Crippen LogP contribution in [0.4, 0.5) is 8.63 Å². The first-order chi connectivity index (χ1) is 23.0. The summed E-state index contributed by atoms with van der Waals surface area (Å²) in [5.41, 5.74) is 4.73. The van der Waals surface area contributed by atoms with Gasteiger partial charge in [-0.2, -0.15) is 0 Å². The third-order valence-electron chi connectivity index (χ3n) is 8.57. The van der Waals surface area contributed by atoms with Crippen LogP contribution in [0.25, 0.3) is 5.57 Å². The Morgan fingerprint density at radius 2 is 1.49 bits per heavy atom. The summed E-state index contributed by atoms with van der Waals surface area (Å²) >= 11 is 0. The lowest BCUT2D eigenvalue weighted by Gasteiger charge is -2.44. The largest absolute Gasteiger partial charge is 0.737 e. The molecule has 0 saturated carbocycles. The molecule has 0 aliphatic carbocycles. The lowest BCUT2D eigenvalue weighted by atomic mass is 9.83. The molecule has 12 nitrogen and oxygen atoms in total. The Kier molecular flexibility index (Phi) is 9.98. The molecule has 49 heavy (non-hydrogen) atoms. The van der Waals surface area contributed by atoms with Crippen molar-refractivity contribution in [2.75, 3.05) is 6.61 Å². The van der Waals surface area contributed by atoms with Crippen LogP contribution in [0.3, 0.4) is 0 Å². The van der Waals surface area contributed by atoms with Gasteiger partial charge in [0, 0.05) is 52.0 Å². The number of aryl methyl sites for hydroxylation is 2. The number of aromatic nitrogens is 1. The van der Waals surface area contributed by atoms with Crippen molar-refractivity contribution in [3.8, 4) is 0 Å². The first kappa shape index (κ1) is 35.7. The van der Waals surface area contributed by atoms with Gasteiger partial charge in [-0.1, -0.05) is 24.3 Å². The number of fused-ring (bicyclic) bond motifs is 2. The van der Waals surface area contributed by atoms with Gasteiger partial charge in [0.05, 0.1) is 12.2 Å². The summed E-state index contributed by atoms with van der Waals surface area (Å²) in [6.07, 6.45) is -5.03. The molecule has 1 aromatic carbocycles. The number of allylic oxidation sites excluding steroid dienone is 2. The maximum absolute atomic E-state index is 16.2. The molecule has 0 unspecified atom stereocenters. The van der Waals surface area contributed by atoms with Crippen LogP contribution < -0.4 is 0 Å².